The van der Waals surface area contributed by atoms with E-state index >= 15 is 0 Å². The van der Waals surface area contributed by atoms with E-state index < -0.39 is 34.8 Å². The number of rotatable bonds is 4. The molecular formula is C23H22F3N3O3. The quantitative estimate of drug-likeness (QED) is 0.680. The highest BCUT2D eigenvalue weighted by Crippen LogP contribution is 2.23. The number of carbonyl (C=O) groups excluding carboxylic acids is 3. The van der Waals surface area contributed by atoms with Gasteiger partial charge in [-0.05, 0) is 17.7 Å². The lowest BCUT2D eigenvalue weighted by Gasteiger charge is -2.36. The van der Waals surface area contributed by atoms with Gasteiger partial charge in [0.05, 0.1) is 11.5 Å². The predicted molar refractivity (Wildman–Crippen MR) is 109 cm³/mol. The number of likely N-dealkylation sites (tertiary alicyclic amines) is 1. The van der Waals surface area contributed by atoms with E-state index in [4.69, 9.17) is 0 Å². The molecule has 0 N–H and O–H groups in total. The van der Waals surface area contributed by atoms with E-state index in [-0.39, 0.29) is 44.4 Å². The number of hydrogen-bond donors (Lipinski definition) is 0. The van der Waals surface area contributed by atoms with Crippen molar-refractivity contribution < 1.29 is 27.6 Å². The minimum absolute atomic E-state index is 0.0742. The van der Waals surface area contributed by atoms with Crippen LogP contribution in [0.1, 0.15) is 22.3 Å². The lowest BCUT2D eigenvalue weighted by Crippen LogP contribution is -2.52. The SMILES string of the molecule is O=C1CC(C(=O)N2CCN(C(=O)c3ccc(F)c(F)c3F)CC2)CN1Cc1ccccc1. The molecule has 32 heavy (non-hydrogen) atoms. The summed E-state index contributed by atoms with van der Waals surface area (Å²) in [5.74, 6) is -5.99. The highest BCUT2D eigenvalue weighted by molar-refractivity contribution is 5.95. The van der Waals surface area contributed by atoms with Gasteiger partial charge in [-0.2, -0.15) is 0 Å². The fourth-order valence-corrected chi connectivity index (χ4v) is 4.14. The topological polar surface area (TPSA) is 60.9 Å². The highest BCUT2D eigenvalue weighted by Gasteiger charge is 2.37. The van der Waals surface area contributed by atoms with Gasteiger partial charge in [0.15, 0.2) is 17.5 Å². The summed E-state index contributed by atoms with van der Waals surface area (Å²) < 4.78 is 40.5. The molecule has 4 rings (SSSR count). The largest absolute Gasteiger partial charge is 0.339 e. The van der Waals surface area contributed by atoms with Crippen molar-refractivity contribution in [1.82, 2.24) is 14.7 Å². The first-order valence-corrected chi connectivity index (χ1v) is 10.4. The van der Waals surface area contributed by atoms with E-state index in [1.54, 1.807) is 9.80 Å². The first-order valence-electron chi connectivity index (χ1n) is 10.4. The number of carbonyl (C=O) groups is 3. The molecule has 2 aromatic carbocycles. The molecule has 0 aromatic heterocycles. The summed E-state index contributed by atoms with van der Waals surface area (Å²) in [6.07, 6.45) is 0.144. The lowest BCUT2D eigenvalue weighted by atomic mass is 10.1. The van der Waals surface area contributed by atoms with E-state index in [0.29, 0.717) is 19.2 Å². The maximum atomic E-state index is 13.9. The molecule has 1 atom stereocenters. The van der Waals surface area contributed by atoms with E-state index in [2.05, 4.69) is 0 Å². The van der Waals surface area contributed by atoms with Gasteiger partial charge in [0, 0.05) is 45.7 Å². The van der Waals surface area contributed by atoms with E-state index in [0.717, 1.165) is 11.6 Å². The van der Waals surface area contributed by atoms with Crippen LogP contribution in [0.2, 0.25) is 0 Å². The fraction of sp³-hybridized carbons (Fsp3) is 0.348. The minimum atomic E-state index is -1.68. The van der Waals surface area contributed by atoms with Gasteiger partial charge >= 0.3 is 0 Å². The molecule has 2 fully saturated rings. The van der Waals surface area contributed by atoms with Gasteiger partial charge in [-0.25, -0.2) is 13.2 Å². The standard InChI is InChI=1S/C23H22F3N3O3/c24-18-7-6-17(20(25)21(18)26)23(32)28-10-8-27(9-11-28)22(31)16-12-19(30)29(14-16)13-15-4-2-1-3-5-15/h1-7,16H,8-14H2. The molecule has 168 valence electrons. The summed E-state index contributed by atoms with van der Waals surface area (Å²) in [6, 6.07) is 11.2. The lowest BCUT2D eigenvalue weighted by molar-refractivity contribution is -0.137. The van der Waals surface area contributed by atoms with Crippen LogP contribution in [-0.2, 0) is 16.1 Å². The number of piperazine rings is 1. The van der Waals surface area contributed by atoms with Crippen LogP contribution in [0.15, 0.2) is 42.5 Å². The average molecular weight is 445 g/mol. The molecule has 0 spiro atoms. The van der Waals surface area contributed by atoms with Crippen LogP contribution in [0.3, 0.4) is 0 Å². The molecule has 0 aliphatic carbocycles. The Morgan fingerprint density at radius 2 is 1.53 bits per heavy atom. The first kappa shape index (κ1) is 21.9. The normalized spacial score (nSPS) is 18.9. The fourth-order valence-electron chi connectivity index (χ4n) is 4.14. The number of hydrogen-bond acceptors (Lipinski definition) is 3. The zero-order valence-corrected chi connectivity index (χ0v) is 17.3. The summed E-state index contributed by atoms with van der Waals surface area (Å²) in [4.78, 5) is 42.4. The Morgan fingerprint density at radius 3 is 2.22 bits per heavy atom. The van der Waals surface area contributed by atoms with Gasteiger partial charge in [0.1, 0.15) is 0 Å². The summed E-state index contributed by atoms with van der Waals surface area (Å²) in [5, 5.41) is 0. The molecule has 3 amide bonds. The van der Waals surface area contributed by atoms with Crippen molar-refractivity contribution in [2.45, 2.75) is 13.0 Å². The molecule has 2 aliphatic heterocycles. The van der Waals surface area contributed by atoms with Gasteiger partial charge in [0.25, 0.3) is 5.91 Å². The Hall–Kier alpha value is -3.36. The van der Waals surface area contributed by atoms with Crippen molar-refractivity contribution in [3.63, 3.8) is 0 Å². The zero-order valence-electron chi connectivity index (χ0n) is 17.3. The second kappa shape index (κ2) is 9.02. The van der Waals surface area contributed by atoms with Crippen molar-refractivity contribution in [3.05, 3.63) is 71.0 Å². The van der Waals surface area contributed by atoms with Crippen LogP contribution >= 0.6 is 0 Å². The Kier molecular flexibility index (Phi) is 6.16. The molecule has 9 heteroatoms. The van der Waals surface area contributed by atoms with E-state index in [1.165, 1.54) is 4.90 Å². The van der Waals surface area contributed by atoms with Crippen molar-refractivity contribution in [2.24, 2.45) is 5.92 Å². The first-order chi connectivity index (χ1) is 15.3. The van der Waals surface area contributed by atoms with Crippen LogP contribution in [0.4, 0.5) is 13.2 Å². The highest BCUT2D eigenvalue weighted by atomic mass is 19.2. The van der Waals surface area contributed by atoms with Gasteiger partial charge in [0.2, 0.25) is 11.8 Å². The second-order valence-electron chi connectivity index (χ2n) is 8.00. The number of halogens is 3. The summed E-state index contributed by atoms with van der Waals surface area (Å²) in [6.45, 7) is 1.50. The molecule has 1 unspecified atom stereocenters. The maximum Gasteiger partial charge on any atom is 0.257 e. The maximum absolute atomic E-state index is 13.9. The van der Waals surface area contributed by atoms with E-state index in [9.17, 15) is 27.6 Å². The van der Waals surface area contributed by atoms with Crippen LogP contribution in [0.5, 0.6) is 0 Å². The van der Waals surface area contributed by atoms with Crippen molar-refractivity contribution in [3.8, 4) is 0 Å². The van der Waals surface area contributed by atoms with Gasteiger partial charge in [-0.3, -0.25) is 14.4 Å². The van der Waals surface area contributed by atoms with Crippen LogP contribution < -0.4 is 0 Å². The third-order valence-electron chi connectivity index (χ3n) is 5.92. The minimum Gasteiger partial charge on any atom is -0.339 e. The molecule has 2 aromatic rings. The Bertz CT molecular complexity index is 1040. The number of benzene rings is 2. The van der Waals surface area contributed by atoms with Gasteiger partial charge in [-0.1, -0.05) is 30.3 Å². The van der Waals surface area contributed by atoms with Gasteiger partial charge in [-0.15, -0.1) is 0 Å². The van der Waals surface area contributed by atoms with Crippen molar-refractivity contribution in [2.75, 3.05) is 32.7 Å². The molecule has 2 heterocycles. The third kappa shape index (κ3) is 4.32. The molecule has 2 aliphatic rings. The third-order valence-corrected chi connectivity index (χ3v) is 5.92. The monoisotopic (exact) mass is 445 g/mol. The van der Waals surface area contributed by atoms with Crippen LogP contribution in [0, 0.1) is 23.4 Å². The molecule has 0 saturated carbocycles. The Morgan fingerprint density at radius 1 is 0.875 bits per heavy atom. The van der Waals surface area contributed by atoms with Crippen molar-refractivity contribution in [1.29, 1.82) is 0 Å². The molecule has 0 bridgehead atoms. The summed E-state index contributed by atoms with van der Waals surface area (Å²) in [7, 11) is 0. The second-order valence-corrected chi connectivity index (χ2v) is 8.00. The molecular weight excluding hydrogens is 423 g/mol. The zero-order chi connectivity index (χ0) is 22.8. The van der Waals surface area contributed by atoms with Crippen LogP contribution in [0.25, 0.3) is 0 Å². The van der Waals surface area contributed by atoms with Crippen LogP contribution in [-0.4, -0.2) is 65.1 Å². The smallest absolute Gasteiger partial charge is 0.257 e. The molecule has 6 nitrogen and oxygen atoms in total. The van der Waals surface area contributed by atoms with E-state index in [1.807, 2.05) is 30.3 Å². The number of amides is 3. The van der Waals surface area contributed by atoms with Crippen molar-refractivity contribution >= 4 is 17.7 Å². The Labute approximate surface area is 183 Å². The summed E-state index contributed by atoms with van der Waals surface area (Å²) in [5.41, 5.74) is 0.451. The average Bonchev–Trinajstić information content (AvgIpc) is 3.17. The Balaban J connectivity index is 1.33. The van der Waals surface area contributed by atoms with Gasteiger partial charge < -0.3 is 14.7 Å². The summed E-state index contributed by atoms with van der Waals surface area (Å²) >= 11 is 0. The predicted octanol–water partition coefficient (Wildman–Crippen LogP) is 2.44. The number of nitrogens with zero attached hydrogens (tertiary/aromatic N) is 3. The molecule has 0 radical (unpaired) electrons. The molecule has 2 saturated heterocycles.